The summed E-state index contributed by atoms with van der Waals surface area (Å²) in [7, 11) is 1.52. The number of methoxy groups -OCH3 is 1. The van der Waals surface area contributed by atoms with Crippen LogP contribution < -0.4 is 4.74 Å². The Morgan fingerprint density at radius 3 is 2.67 bits per heavy atom. The van der Waals surface area contributed by atoms with Crippen LogP contribution in [-0.4, -0.2) is 18.2 Å². The van der Waals surface area contributed by atoms with Gasteiger partial charge in [-0.2, -0.15) is 0 Å². The van der Waals surface area contributed by atoms with Crippen molar-refractivity contribution in [2.75, 3.05) is 7.11 Å². The summed E-state index contributed by atoms with van der Waals surface area (Å²) >= 11 is 3.19. The molecule has 0 bridgehead atoms. The molecule has 21 heavy (non-hydrogen) atoms. The zero-order valence-corrected chi connectivity index (χ0v) is 13.7. The highest BCUT2D eigenvalue weighted by molar-refractivity contribution is 9.10. The summed E-state index contributed by atoms with van der Waals surface area (Å²) in [6.45, 7) is 0. The van der Waals surface area contributed by atoms with Crippen LogP contribution >= 0.6 is 15.9 Å². The van der Waals surface area contributed by atoms with Gasteiger partial charge in [0, 0.05) is 6.07 Å². The van der Waals surface area contributed by atoms with Gasteiger partial charge in [-0.05, 0) is 58.7 Å². The first-order valence-corrected chi connectivity index (χ1v) is 7.99. The van der Waals surface area contributed by atoms with Crippen LogP contribution in [0.25, 0.3) is 0 Å². The lowest BCUT2D eigenvalue weighted by molar-refractivity contribution is -0.139. The maximum atomic E-state index is 13.5. The lowest BCUT2D eigenvalue weighted by Crippen LogP contribution is -2.22. The van der Waals surface area contributed by atoms with Gasteiger partial charge in [0.05, 0.1) is 18.0 Å². The Morgan fingerprint density at radius 1 is 1.43 bits per heavy atom. The third-order valence-electron chi connectivity index (χ3n) is 4.44. The number of hydrogen-bond donors (Lipinski definition) is 1. The molecule has 1 aliphatic carbocycles. The van der Waals surface area contributed by atoms with Crippen LogP contribution in [0.5, 0.6) is 5.75 Å². The quantitative estimate of drug-likeness (QED) is 0.810. The molecule has 0 heterocycles. The first-order valence-electron chi connectivity index (χ1n) is 7.19. The molecule has 0 atom stereocenters. The predicted molar refractivity (Wildman–Crippen MR) is 82.1 cm³/mol. The fraction of sp³-hybridized carbons (Fsp3) is 0.562. The molecule has 1 aromatic rings. The first kappa shape index (κ1) is 16.3. The molecule has 0 aromatic heterocycles. The molecule has 1 aromatic carbocycles. The Balaban J connectivity index is 2.14. The van der Waals surface area contributed by atoms with Crippen LogP contribution in [0.1, 0.15) is 44.1 Å². The molecule has 3 nitrogen and oxygen atoms in total. The Kier molecular flexibility index (Phi) is 5.25. The summed E-state index contributed by atoms with van der Waals surface area (Å²) in [6.07, 6.45) is 5.84. The average Bonchev–Trinajstić information content (AvgIpc) is 2.87. The number of hydrogen-bond acceptors (Lipinski definition) is 2. The molecule has 1 saturated carbocycles. The van der Waals surface area contributed by atoms with Crippen molar-refractivity contribution in [3.8, 4) is 5.75 Å². The maximum Gasteiger partial charge on any atom is 0.303 e. The number of carboxylic acid groups (broad SMARTS) is 1. The van der Waals surface area contributed by atoms with E-state index in [1.54, 1.807) is 6.07 Å². The summed E-state index contributed by atoms with van der Waals surface area (Å²) in [4.78, 5) is 11.1. The van der Waals surface area contributed by atoms with Gasteiger partial charge < -0.3 is 9.84 Å². The molecule has 0 spiro atoms. The first-order chi connectivity index (χ1) is 9.96. The van der Waals surface area contributed by atoms with E-state index in [1.165, 1.54) is 13.2 Å². The van der Waals surface area contributed by atoms with Crippen molar-refractivity contribution in [2.45, 2.75) is 44.9 Å². The van der Waals surface area contributed by atoms with E-state index in [9.17, 15) is 9.18 Å². The zero-order valence-electron chi connectivity index (χ0n) is 12.1. The molecule has 0 saturated heterocycles. The monoisotopic (exact) mass is 358 g/mol. The summed E-state index contributed by atoms with van der Waals surface area (Å²) in [5.74, 6) is -0.556. The molecule has 0 amide bonds. The summed E-state index contributed by atoms with van der Waals surface area (Å²) < 4.78 is 19.2. The van der Waals surface area contributed by atoms with E-state index in [4.69, 9.17) is 9.84 Å². The molecule has 0 radical (unpaired) electrons. The Labute approximate surface area is 132 Å². The van der Waals surface area contributed by atoms with Gasteiger partial charge in [0.15, 0.2) is 0 Å². The van der Waals surface area contributed by atoms with Gasteiger partial charge in [-0.1, -0.05) is 12.8 Å². The van der Waals surface area contributed by atoms with E-state index in [-0.39, 0.29) is 17.7 Å². The fourth-order valence-corrected chi connectivity index (χ4v) is 3.71. The third-order valence-corrected chi connectivity index (χ3v) is 5.05. The molecule has 1 fully saturated rings. The smallest absolute Gasteiger partial charge is 0.303 e. The van der Waals surface area contributed by atoms with Crippen molar-refractivity contribution >= 4 is 21.9 Å². The third kappa shape index (κ3) is 3.96. The predicted octanol–water partition coefficient (Wildman–Crippen LogP) is 4.56. The lowest BCUT2D eigenvalue weighted by atomic mass is 9.77. The number of rotatable bonds is 6. The molecule has 1 N–H and O–H groups in total. The van der Waals surface area contributed by atoms with Crippen molar-refractivity contribution in [3.63, 3.8) is 0 Å². The largest absolute Gasteiger partial charge is 0.496 e. The van der Waals surface area contributed by atoms with Crippen molar-refractivity contribution < 1.29 is 19.0 Å². The molecule has 2 rings (SSSR count). The highest BCUT2D eigenvalue weighted by atomic mass is 79.9. The van der Waals surface area contributed by atoms with Gasteiger partial charge in [-0.3, -0.25) is 4.79 Å². The Morgan fingerprint density at radius 2 is 2.10 bits per heavy atom. The number of aryl methyl sites for hydroxylation is 1. The SMILES string of the molecule is COc1cc(F)c(Br)cc1CCC1(CC(=O)O)CCCC1. The topological polar surface area (TPSA) is 46.5 Å². The second-order valence-corrected chi connectivity index (χ2v) is 6.71. The van der Waals surface area contributed by atoms with Crippen molar-refractivity contribution in [2.24, 2.45) is 5.41 Å². The van der Waals surface area contributed by atoms with Crippen LogP contribution in [0.4, 0.5) is 4.39 Å². The minimum atomic E-state index is -0.732. The van der Waals surface area contributed by atoms with Gasteiger partial charge in [-0.25, -0.2) is 4.39 Å². The summed E-state index contributed by atoms with van der Waals surface area (Å²) in [5.41, 5.74) is 0.806. The van der Waals surface area contributed by atoms with E-state index in [0.29, 0.717) is 16.6 Å². The van der Waals surface area contributed by atoms with E-state index in [1.807, 2.05) is 0 Å². The number of ether oxygens (including phenoxy) is 1. The van der Waals surface area contributed by atoms with Crippen molar-refractivity contribution in [3.05, 3.63) is 28.0 Å². The number of halogens is 2. The van der Waals surface area contributed by atoms with E-state index < -0.39 is 5.97 Å². The van der Waals surface area contributed by atoms with Crippen LogP contribution in [0, 0.1) is 11.2 Å². The second kappa shape index (κ2) is 6.77. The van der Waals surface area contributed by atoms with Crippen LogP contribution in [-0.2, 0) is 11.2 Å². The zero-order chi connectivity index (χ0) is 15.5. The summed E-state index contributed by atoms with van der Waals surface area (Å²) in [5, 5.41) is 9.14. The highest BCUT2D eigenvalue weighted by Gasteiger charge is 2.35. The Bertz CT molecular complexity index is 524. The molecule has 0 aliphatic heterocycles. The van der Waals surface area contributed by atoms with Gasteiger partial charge in [0.25, 0.3) is 0 Å². The number of aliphatic carboxylic acids is 1. The standard InChI is InChI=1S/C16H20BrFO3/c1-21-14-9-13(18)12(17)8-11(14)4-7-16(10-15(19)20)5-2-3-6-16/h8-9H,2-7,10H2,1H3,(H,19,20). The molecule has 5 heteroatoms. The van der Waals surface area contributed by atoms with Gasteiger partial charge in [0.1, 0.15) is 11.6 Å². The van der Waals surface area contributed by atoms with Crippen LogP contribution in [0.2, 0.25) is 0 Å². The van der Waals surface area contributed by atoms with Gasteiger partial charge >= 0.3 is 5.97 Å². The summed E-state index contributed by atoms with van der Waals surface area (Å²) in [6, 6.07) is 3.11. The molecule has 0 unspecified atom stereocenters. The maximum absolute atomic E-state index is 13.5. The number of benzene rings is 1. The van der Waals surface area contributed by atoms with Gasteiger partial charge in [-0.15, -0.1) is 0 Å². The lowest BCUT2D eigenvalue weighted by Gasteiger charge is -2.27. The van der Waals surface area contributed by atoms with Crippen molar-refractivity contribution in [1.82, 2.24) is 0 Å². The average molecular weight is 359 g/mol. The minimum Gasteiger partial charge on any atom is -0.496 e. The van der Waals surface area contributed by atoms with Crippen LogP contribution in [0.3, 0.4) is 0 Å². The van der Waals surface area contributed by atoms with Crippen LogP contribution in [0.15, 0.2) is 16.6 Å². The van der Waals surface area contributed by atoms with E-state index in [0.717, 1.165) is 37.7 Å². The van der Waals surface area contributed by atoms with E-state index in [2.05, 4.69) is 15.9 Å². The Hall–Kier alpha value is -1.10. The van der Waals surface area contributed by atoms with E-state index >= 15 is 0 Å². The van der Waals surface area contributed by atoms with Gasteiger partial charge in [0.2, 0.25) is 0 Å². The second-order valence-electron chi connectivity index (χ2n) is 5.86. The molecule has 116 valence electrons. The number of carboxylic acids is 1. The van der Waals surface area contributed by atoms with Crippen molar-refractivity contribution in [1.29, 1.82) is 0 Å². The fourth-order valence-electron chi connectivity index (χ4n) is 3.32. The molecule has 1 aliphatic rings. The molecular formula is C16H20BrFO3. The minimum absolute atomic E-state index is 0.113. The normalized spacial score (nSPS) is 16.9. The highest BCUT2D eigenvalue weighted by Crippen LogP contribution is 2.45. The number of carbonyl (C=O) groups is 1. The molecular weight excluding hydrogens is 339 g/mol.